The SMILES string of the molecule is CCc1cc2cccc(Cl)c2c(C(=O)N2CCOCC2)n1.Nc1nc(Cl)nc2cccnc12. The molecule has 0 unspecified atom stereocenters. The Bertz CT molecular complexity index is 1310. The van der Waals surface area contributed by atoms with Crippen LogP contribution in [0.2, 0.25) is 10.3 Å². The van der Waals surface area contributed by atoms with E-state index in [9.17, 15) is 4.79 Å². The van der Waals surface area contributed by atoms with E-state index in [-0.39, 0.29) is 11.2 Å². The van der Waals surface area contributed by atoms with Crippen molar-refractivity contribution in [3.8, 4) is 0 Å². The predicted molar refractivity (Wildman–Crippen MR) is 130 cm³/mol. The highest BCUT2D eigenvalue weighted by atomic mass is 35.5. The number of anilines is 1. The minimum Gasteiger partial charge on any atom is -0.382 e. The van der Waals surface area contributed by atoms with Crippen molar-refractivity contribution in [2.45, 2.75) is 13.3 Å². The molecule has 170 valence electrons. The van der Waals surface area contributed by atoms with Gasteiger partial charge in [-0.1, -0.05) is 30.7 Å². The molecule has 1 saturated heterocycles. The number of hydrogen-bond acceptors (Lipinski definition) is 7. The van der Waals surface area contributed by atoms with Crippen molar-refractivity contribution < 1.29 is 9.53 Å². The summed E-state index contributed by atoms with van der Waals surface area (Å²) in [5, 5.41) is 2.42. The van der Waals surface area contributed by atoms with Crippen molar-refractivity contribution in [3.63, 3.8) is 0 Å². The lowest BCUT2D eigenvalue weighted by Gasteiger charge is -2.27. The molecule has 3 aromatic heterocycles. The zero-order chi connectivity index (χ0) is 23.4. The Balaban J connectivity index is 0.000000183. The first kappa shape index (κ1) is 23.1. The maximum Gasteiger partial charge on any atom is 0.273 e. The van der Waals surface area contributed by atoms with Gasteiger partial charge in [-0.25, -0.2) is 9.97 Å². The smallest absolute Gasteiger partial charge is 0.273 e. The maximum atomic E-state index is 12.8. The van der Waals surface area contributed by atoms with Crippen molar-refractivity contribution >= 4 is 56.7 Å². The first-order valence-corrected chi connectivity index (χ1v) is 11.2. The molecule has 4 aromatic rings. The molecule has 1 amide bonds. The van der Waals surface area contributed by atoms with Crippen molar-refractivity contribution in [3.05, 3.63) is 64.3 Å². The number of carbonyl (C=O) groups is 1. The van der Waals surface area contributed by atoms with E-state index in [4.69, 9.17) is 33.7 Å². The van der Waals surface area contributed by atoms with E-state index in [1.807, 2.05) is 25.1 Å². The molecular weight excluding hydrogens is 463 g/mol. The molecule has 0 aliphatic carbocycles. The van der Waals surface area contributed by atoms with Gasteiger partial charge in [-0.05, 0) is 47.7 Å². The van der Waals surface area contributed by atoms with Gasteiger partial charge in [-0.15, -0.1) is 0 Å². The molecule has 0 bridgehead atoms. The van der Waals surface area contributed by atoms with Crippen LogP contribution in [0.25, 0.3) is 21.8 Å². The van der Waals surface area contributed by atoms with E-state index < -0.39 is 0 Å². The second-order valence-electron chi connectivity index (χ2n) is 7.31. The highest BCUT2D eigenvalue weighted by Gasteiger charge is 2.23. The van der Waals surface area contributed by atoms with Gasteiger partial charge in [0.05, 0.1) is 23.8 Å². The summed E-state index contributed by atoms with van der Waals surface area (Å²) in [4.78, 5) is 30.8. The molecule has 10 heteroatoms. The zero-order valence-electron chi connectivity index (χ0n) is 18.0. The van der Waals surface area contributed by atoms with E-state index in [2.05, 4.69) is 19.9 Å². The van der Waals surface area contributed by atoms with Gasteiger partial charge in [0.25, 0.3) is 5.91 Å². The largest absolute Gasteiger partial charge is 0.382 e. The minimum atomic E-state index is -0.0632. The quantitative estimate of drug-likeness (QED) is 0.425. The van der Waals surface area contributed by atoms with E-state index in [0.29, 0.717) is 53.9 Å². The van der Waals surface area contributed by atoms with Gasteiger partial charge in [-0.2, -0.15) is 4.98 Å². The molecule has 0 atom stereocenters. The second kappa shape index (κ2) is 10.2. The lowest BCUT2D eigenvalue weighted by molar-refractivity contribution is 0.0300. The Labute approximate surface area is 200 Å². The van der Waals surface area contributed by atoms with Gasteiger partial charge in [0.15, 0.2) is 5.82 Å². The molecule has 1 aromatic carbocycles. The number of halogens is 2. The number of amides is 1. The first-order chi connectivity index (χ1) is 16.0. The van der Waals surface area contributed by atoms with Crippen molar-refractivity contribution in [2.75, 3.05) is 32.0 Å². The Morgan fingerprint density at radius 2 is 1.91 bits per heavy atom. The number of benzene rings is 1. The van der Waals surface area contributed by atoms with E-state index >= 15 is 0 Å². The van der Waals surface area contributed by atoms with Gasteiger partial charge in [0, 0.05) is 30.4 Å². The summed E-state index contributed by atoms with van der Waals surface area (Å²) in [6.45, 7) is 4.38. The highest BCUT2D eigenvalue weighted by molar-refractivity contribution is 6.36. The molecule has 0 spiro atoms. The molecule has 33 heavy (non-hydrogen) atoms. The van der Waals surface area contributed by atoms with Gasteiger partial charge in [-0.3, -0.25) is 9.78 Å². The summed E-state index contributed by atoms with van der Waals surface area (Å²) in [6.07, 6.45) is 2.42. The summed E-state index contributed by atoms with van der Waals surface area (Å²) in [5.41, 5.74) is 8.17. The number of nitrogens with two attached hydrogens (primary N) is 1. The van der Waals surface area contributed by atoms with Crippen LogP contribution < -0.4 is 5.73 Å². The van der Waals surface area contributed by atoms with Crippen LogP contribution in [0.1, 0.15) is 23.1 Å². The number of rotatable bonds is 2. The van der Waals surface area contributed by atoms with Crippen LogP contribution in [0.3, 0.4) is 0 Å². The lowest BCUT2D eigenvalue weighted by atomic mass is 10.1. The molecule has 1 fully saturated rings. The monoisotopic (exact) mass is 484 g/mol. The molecule has 0 radical (unpaired) electrons. The number of carbonyl (C=O) groups excluding carboxylic acids is 1. The number of aryl methyl sites for hydroxylation is 1. The second-order valence-corrected chi connectivity index (χ2v) is 8.05. The number of ether oxygens (including phenoxy) is 1. The third-order valence-corrected chi connectivity index (χ3v) is 5.66. The van der Waals surface area contributed by atoms with Crippen molar-refractivity contribution in [2.24, 2.45) is 0 Å². The highest BCUT2D eigenvalue weighted by Crippen LogP contribution is 2.28. The number of morpholine rings is 1. The van der Waals surface area contributed by atoms with E-state index in [1.54, 1.807) is 29.3 Å². The Hall–Kier alpha value is -3.07. The predicted octanol–water partition coefficient (Wildman–Crippen LogP) is 4.18. The van der Waals surface area contributed by atoms with Gasteiger partial charge >= 0.3 is 0 Å². The minimum absolute atomic E-state index is 0.0632. The number of nitrogens with zero attached hydrogens (tertiary/aromatic N) is 5. The zero-order valence-corrected chi connectivity index (χ0v) is 19.5. The number of pyridine rings is 2. The Morgan fingerprint density at radius 3 is 2.67 bits per heavy atom. The average Bonchev–Trinajstić information content (AvgIpc) is 2.84. The van der Waals surface area contributed by atoms with E-state index in [0.717, 1.165) is 22.9 Å². The van der Waals surface area contributed by atoms with Crippen LogP contribution in [-0.2, 0) is 11.2 Å². The molecule has 8 nitrogen and oxygen atoms in total. The molecule has 1 aliphatic rings. The summed E-state index contributed by atoms with van der Waals surface area (Å²) in [7, 11) is 0. The topological polar surface area (TPSA) is 107 Å². The van der Waals surface area contributed by atoms with Gasteiger partial charge in [0.1, 0.15) is 11.2 Å². The standard InChI is InChI=1S/C16H17ClN2O2.C7H5ClN4/c1-2-12-10-11-4-3-5-13(17)14(11)15(18-12)16(20)19-6-8-21-9-7-19;8-7-11-4-2-1-3-10-5(4)6(9)12-7/h3-5,10H,2,6-9H2,1H3;1-3H,(H2,9,11,12). The van der Waals surface area contributed by atoms with Gasteiger partial charge < -0.3 is 15.4 Å². The van der Waals surface area contributed by atoms with Crippen molar-refractivity contribution in [1.82, 2.24) is 24.8 Å². The first-order valence-electron chi connectivity index (χ1n) is 10.5. The Kier molecular flexibility index (Phi) is 7.17. The number of fused-ring (bicyclic) bond motifs is 2. The van der Waals surface area contributed by atoms with Crippen LogP contribution in [0, 0.1) is 0 Å². The van der Waals surface area contributed by atoms with Crippen LogP contribution in [0.4, 0.5) is 5.82 Å². The van der Waals surface area contributed by atoms with Crippen LogP contribution >= 0.6 is 23.2 Å². The Morgan fingerprint density at radius 1 is 1.12 bits per heavy atom. The maximum absolute atomic E-state index is 12.8. The fourth-order valence-electron chi connectivity index (χ4n) is 3.54. The molecule has 4 heterocycles. The van der Waals surface area contributed by atoms with Crippen LogP contribution in [-0.4, -0.2) is 57.0 Å². The summed E-state index contributed by atoms with van der Waals surface area (Å²) < 4.78 is 5.30. The number of hydrogen-bond donors (Lipinski definition) is 1. The van der Waals surface area contributed by atoms with Crippen molar-refractivity contribution in [1.29, 1.82) is 0 Å². The number of nitrogen functional groups attached to an aromatic ring is 1. The molecule has 1 aliphatic heterocycles. The summed E-state index contributed by atoms with van der Waals surface area (Å²) >= 11 is 11.9. The van der Waals surface area contributed by atoms with Crippen LogP contribution in [0.5, 0.6) is 0 Å². The fraction of sp³-hybridized carbons (Fsp3) is 0.261. The molecule has 0 saturated carbocycles. The number of aromatic nitrogens is 4. The fourth-order valence-corrected chi connectivity index (χ4v) is 3.99. The normalized spacial score (nSPS) is 13.6. The third-order valence-electron chi connectivity index (χ3n) is 5.18. The summed E-state index contributed by atoms with van der Waals surface area (Å²) in [6, 6.07) is 11.2. The molecule has 5 rings (SSSR count). The van der Waals surface area contributed by atoms with E-state index in [1.165, 1.54) is 0 Å². The third kappa shape index (κ3) is 5.13. The van der Waals surface area contributed by atoms with Crippen LogP contribution in [0.15, 0.2) is 42.6 Å². The lowest BCUT2D eigenvalue weighted by Crippen LogP contribution is -2.41. The summed E-state index contributed by atoms with van der Waals surface area (Å²) in [5.74, 6) is 0.248. The molecule has 2 N–H and O–H groups in total. The molecular formula is C23H22Cl2N6O2. The van der Waals surface area contributed by atoms with Gasteiger partial charge in [0.2, 0.25) is 5.28 Å². The average molecular weight is 485 g/mol.